The molecule has 0 radical (unpaired) electrons. The van der Waals surface area contributed by atoms with E-state index in [-0.39, 0.29) is 28.9 Å². The minimum absolute atomic E-state index is 0.0711. The first-order valence-electron chi connectivity index (χ1n) is 11.3. The van der Waals surface area contributed by atoms with E-state index in [9.17, 15) is 14.4 Å². The molecule has 7 heteroatoms. The van der Waals surface area contributed by atoms with Crippen molar-refractivity contribution in [2.24, 2.45) is 0 Å². The van der Waals surface area contributed by atoms with E-state index in [2.05, 4.69) is 5.32 Å². The molecule has 172 valence electrons. The van der Waals surface area contributed by atoms with Crippen LogP contribution in [-0.2, 0) is 0 Å². The van der Waals surface area contributed by atoms with Crippen LogP contribution in [0.1, 0.15) is 39.1 Å². The lowest BCUT2D eigenvalue weighted by Crippen LogP contribution is -2.46. The second kappa shape index (κ2) is 9.02. The van der Waals surface area contributed by atoms with E-state index >= 15 is 0 Å². The van der Waals surface area contributed by atoms with Gasteiger partial charge in [-0.25, -0.2) is 0 Å². The van der Waals surface area contributed by atoms with Gasteiger partial charge in [0.2, 0.25) is 0 Å². The standard InChI is InChI=1S/C27H24N2O5/c1-17-23(30)21-8-5-9-22(25(21)34-24(17)18-6-3-2-4-7-18)26(31)28-20-10-13-29(14-11-20)27(32)19-12-15-33-16-19/h2-9,12,15-16,20H,10-11,13-14H2,1H3,(H,28,31). The topological polar surface area (TPSA) is 92.8 Å². The molecule has 4 aromatic rings. The van der Waals surface area contributed by atoms with Gasteiger partial charge >= 0.3 is 0 Å². The smallest absolute Gasteiger partial charge is 0.257 e. The number of benzene rings is 2. The van der Waals surface area contributed by atoms with E-state index in [1.165, 1.54) is 12.5 Å². The molecule has 5 rings (SSSR count). The Bertz CT molecular complexity index is 1400. The van der Waals surface area contributed by atoms with Crippen LogP contribution in [0.4, 0.5) is 0 Å². The Kier molecular flexibility index (Phi) is 5.76. The van der Waals surface area contributed by atoms with Crippen molar-refractivity contribution in [2.75, 3.05) is 13.1 Å². The zero-order valence-electron chi connectivity index (χ0n) is 18.7. The Balaban J connectivity index is 1.37. The maximum absolute atomic E-state index is 13.2. The lowest BCUT2D eigenvalue weighted by atomic mass is 10.0. The third-order valence-electron chi connectivity index (χ3n) is 6.31. The first-order chi connectivity index (χ1) is 16.5. The maximum Gasteiger partial charge on any atom is 0.257 e. The fourth-order valence-electron chi connectivity index (χ4n) is 4.41. The summed E-state index contributed by atoms with van der Waals surface area (Å²) >= 11 is 0. The van der Waals surface area contributed by atoms with Crippen molar-refractivity contribution in [1.29, 1.82) is 0 Å². The summed E-state index contributed by atoms with van der Waals surface area (Å²) in [6.07, 6.45) is 4.19. The van der Waals surface area contributed by atoms with Gasteiger partial charge in [0.15, 0.2) is 11.0 Å². The van der Waals surface area contributed by atoms with Gasteiger partial charge in [-0.2, -0.15) is 0 Å². The minimum atomic E-state index is -0.295. The molecule has 1 saturated heterocycles. The fourth-order valence-corrected chi connectivity index (χ4v) is 4.41. The van der Waals surface area contributed by atoms with E-state index in [1.807, 2.05) is 30.3 Å². The molecule has 2 aromatic heterocycles. The largest absolute Gasteiger partial charge is 0.472 e. The highest BCUT2D eigenvalue weighted by Gasteiger charge is 2.26. The van der Waals surface area contributed by atoms with E-state index < -0.39 is 0 Å². The normalized spacial score (nSPS) is 14.3. The van der Waals surface area contributed by atoms with Crippen molar-refractivity contribution in [3.05, 3.63) is 94.0 Å². The van der Waals surface area contributed by atoms with Gasteiger partial charge in [-0.3, -0.25) is 14.4 Å². The summed E-state index contributed by atoms with van der Waals surface area (Å²) < 4.78 is 11.2. The Morgan fingerprint density at radius 1 is 1.00 bits per heavy atom. The van der Waals surface area contributed by atoms with Crippen molar-refractivity contribution < 1.29 is 18.4 Å². The molecule has 0 spiro atoms. The first kappa shape index (κ1) is 21.7. The quantitative estimate of drug-likeness (QED) is 0.492. The highest BCUT2D eigenvalue weighted by atomic mass is 16.3. The predicted octanol–water partition coefficient (Wildman–Crippen LogP) is 4.40. The van der Waals surface area contributed by atoms with E-state index in [4.69, 9.17) is 8.83 Å². The molecule has 0 unspecified atom stereocenters. The fraction of sp³-hybridized carbons (Fsp3) is 0.222. The summed E-state index contributed by atoms with van der Waals surface area (Å²) in [5.41, 5.74) is 2.26. The lowest BCUT2D eigenvalue weighted by molar-refractivity contribution is 0.0697. The summed E-state index contributed by atoms with van der Waals surface area (Å²) in [7, 11) is 0. The number of nitrogens with zero attached hydrogens (tertiary/aromatic N) is 1. The molecule has 7 nitrogen and oxygen atoms in total. The number of nitrogens with one attached hydrogen (secondary N) is 1. The number of carbonyl (C=O) groups excluding carboxylic acids is 2. The van der Waals surface area contributed by atoms with Crippen molar-refractivity contribution >= 4 is 22.8 Å². The molecule has 0 bridgehead atoms. The third-order valence-corrected chi connectivity index (χ3v) is 6.31. The van der Waals surface area contributed by atoms with Crippen LogP contribution in [0.3, 0.4) is 0 Å². The molecule has 0 saturated carbocycles. The van der Waals surface area contributed by atoms with E-state index in [0.29, 0.717) is 53.8 Å². The number of piperidine rings is 1. The van der Waals surface area contributed by atoms with Gasteiger partial charge in [-0.15, -0.1) is 0 Å². The van der Waals surface area contributed by atoms with Crippen LogP contribution in [0.5, 0.6) is 0 Å². The van der Waals surface area contributed by atoms with Gasteiger partial charge in [-0.1, -0.05) is 36.4 Å². The van der Waals surface area contributed by atoms with Crippen molar-refractivity contribution in [1.82, 2.24) is 10.2 Å². The number of hydrogen-bond acceptors (Lipinski definition) is 5. The molecule has 1 fully saturated rings. The number of likely N-dealkylation sites (tertiary alicyclic amines) is 1. The van der Waals surface area contributed by atoms with E-state index in [0.717, 1.165) is 5.56 Å². The Hall–Kier alpha value is -4.13. The summed E-state index contributed by atoms with van der Waals surface area (Å²) in [5, 5.41) is 3.44. The first-order valence-corrected chi connectivity index (χ1v) is 11.3. The van der Waals surface area contributed by atoms with Crippen LogP contribution in [0.2, 0.25) is 0 Å². The molecular weight excluding hydrogens is 432 g/mol. The summed E-state index contributed by atoms with van der Waals surface area (Å²) in [6, 6.07) is 16.0. The van der Waals surface area contributed by atoms with Crippen LogP contribution in [0, 0.1) is 6.92 Å². The SMILES string of the molecule is Cc1c(-c2ccccc2)oc2c(C(=O)NC3CCN(C(=O)c4ccoc4)CC3)cccc2c1=O. The summed E-state index contributed by atoms with van der Waals surface area (Å²) in [6.45, 7) is 2.81. The van der Waals surface area contributed by atoms with Crippen molar-refractivity contribution in [2.45, 2.75) is 25.8 Å². The highest BCUT2D eigenvalue weighted by Crippen LogP contribution is 2.27. The number of fused-ring (bicyclic) bond motifs is 1. The van der Waals surface area contributed by atoms with Crippen LogP contribution < -0.4 is 10.7 Å². The van der Waals surface area contributed by atoms with Gasteiger partial charge in [-0.05, 0) is 38.0 Å². The van der Waals surface area contributed by atoms with Crippen LogP contribution in [0.15, 0.2) is 80.8 Å². The number of hydrogen-bond donors (Lipinski definition) is 1. The Morgan fingerprint density at radius 2 is 1.76 bits per heavy atom. The number of furan rings is 1. The summed E-state index contributed by atoms with van der Waals surface area (Å²) in [4.78, 5) is 40.5. The van der Waals surface area contributed by atoms with Crippen LogP contribution in [-0.4, -0.2) is 35.8 Å². The molecule has 1 N–H and O–H groups in total. The molecule has 2 aromatic carbocycles. The van der Waals surface area contributed by atoms with Gasteiger partial charge in [0.25, 0.3) is 11.8 Å². The molecule has 0 atom stereocenters. The van der Waals surface area contributed by atoms with Crippen LogP contribution >= 0.6 is 0 Å². The third kappa shape index (κ3) is 4.01. The van der Waals surface area contributed by atoms with Crippen molar-refractivity contribution in [3.63, 3.8) is 0 Å². The molecule has 0 aliphatic carbocycles. The van der Waals surface area contributed by atoms with Crippen LogP contribution in [0.25, 0.3) is 22.3 Å². The van der Waals surface area contributed by atoms with Gasteiger partial charge in [0, 0.05) is 30.3 Å². The van der Waals surface area contributed by atoms with E-state index in [1.54, 1.807) is 36.1 Å². The molecule has 1 aliphatic rings. The second-order valence-electron chi connectivity index (χ2n) is 8.49. The van der Waals surface area contributed by atoms with Gasteiger partial charge in [0.05, 0.1) is 22.8 Å². The molecule has 1 aliphatic heterocycles. The number of carbonyl (C=O) groups is 2. The minimum Gasteiger partial charge on any atom is -0.472 e. The Labute approximate surface area is 196 Å². The lowest BCUT2D eigenvalue weighted by Gasteiger charge is -2.32. The molecule has 2 amide bonds. The number of amides is 2. The molecule has 3 heterocycles. The zero-order chi connectivity index (χ0) is 23.7. The maximum atomic E-state index is 13.2. The summed E-state index contributed by atoms with van der Waals surface area (Å²) in [5.74, 6) is 0.0961. The average Bonchev–Trinajstić information content (AvgIpc) is 3.41. The Morgan fingerprint density at radius 3 is 2.47 bits per heavy atom. The van der Waals surface area contributed by atoms with Gasteiger partial charge < -0.3 is 19.1 Å². The second-order valence-corrected chi connectivity index (χ2v) is 8.49. The van der Waals surface area contributed by atoms with Gasteiger partial charge in [0.1, 0.15) is 12.0 Å². The van der Waals surface area contributed by atoms with Crippen molar-refractivity contribution in [3.8, 4) is 11.3 Å². The molecular formula is C27H24N2O5. The average molecular weight is 456 g/mol. The number of para-hydroxylation sites is 1. The number of rotatable bonds is 4. The predicted molar refractivity (Wildman–Crippen MR) is 128 cm³/mol. The molecule has 34 heavy (non-hydrogen) atoms. The highest BCUT2D eigenvalue weighted by molar-refractivity contribution is 6.05. The zero-order valence-corrected chi connectivity index (χ0v) is 18.7. The monoisotopic (exact) mass is 456 g/mol.